The smallest absolute Gasteiger partial charge is 0.142 e. The second-order valence-electron chi connectivity index (χ2n) is 5.56. The van der Waals surface area contributed by atoms with Crippen LogP contribution in [0.5, 0.6) is 0 Å². The SMILES string of the molecule is Fc1ccc(Cn2cnnc2)c(F)c1-c1ccc(-c2ccccc2)o1. The molecule has 124 valence electrons. The maximum absolute atomic E-state index is 14.9. The van der Waals surface area contributed by atoms with E-state index in [2.05, 4.69) is 10.2 Å². The van der Waals surface area contributed by atoms with Gasteiger partial charge >= 0.3 is 0 Å². The molecular formula is C19H13F2N3O. The summed E-state index contributed by atoms with van der Waals surface area (Å²) in [6, 6.07) is 15.3. The van der Waals surface area contributed by atoms with Crippen LogP contribution in [-0.2, 0) is 6.54 Å². The number of benzene rings is 2. The van der Waals surface area contributed by atoms with Gasteiger partial charge in [-0.2, -0.15) is 0 Å². The van der Waals surface area contributed by atoms with E-state index >= 15 is 0 Å². The van der Waals surface area contributed by atoms with E-state index in [1.165, 1.54) is 24.8 Å². The van der Waals surface area contributed by atoms with Gasteiger partial charge in [0.05, 0.1) is 12.1 Å². The highest BCUT2D eigenvalue weighted by atomic mass is 19.1. The first kappa shape index (κ1) is 15.3. The first-order valence-electron chi connectivity index (χ1n) is 7.67. The van der Waals surface area contributed by atoms with Crippen LogP contribution in [0, 0.1) is 11.6 Å². The van der Waals surface area contributed by atoms with Gasteiger partial charge in [0.15, 0.2) is 0 Å². The molecule has 4 rings (SSSR count). The standard InChI is InChI=1S/C19H13F2N3O/c20-15-7-6-14(10-24-11-22-23-12-24)19(21)18(15)17-9-8-16(25-17)13-4-2-1-3-5-13/h1-9,11-12H,10H2. The van der Waals surface area contributed by atoms with E-state index < -0.39 is 11.6 Å². The predicted molar refractivity (Wildman–Crippen MR) is 88.6 cm³/mol. The largest absolute Gasteiger partial charge is 0.456 e. The number of hydrogen-bond donors (Lipinski definition) is 0. The molecule has 6 heteroatoms. The number of furan rings is 1. The van der Waals surface area contributed by atoms with Gasteiger partial charge < -0.3 is 8.98 Å². The molecule has 4 nitrogen and oxygen atoms in total. The molecule has 2 heterocycles. The Hall–Kier alpha value is -3.28. The van der Waals surface area contributed by atoms with Crippen molar-refractivity contribution in [2.75, 3.05) is 0 Å². The molecule has 0 aliphatic rings. The van der Waals surface area contributed by atoms with Crippen LogP contribution < -0.4 is 0 Å². The Morgan fingerprint density at radius 2 is 1.56 bits per heavy atom. The van der Waals surface area contributed by atoms with E-state index in [1.807, 2.05) is 30.3 Å². The molecule has 0 atom stereocenters. The first-order chi connectivity index (χ1) is 12.2. The normalized spacial score (nSPS) is 11.0. The van der Waals surface area contributed by atoms with Gasteiger partial charge in [-0.15, -0.1) is 10.2 Å². The third-order valence-corrected chi connectivity index (χ3v) is 3.90. The highest BCUT2D eigenvalue weighted by molar-refractivity contribution is 5.66. The molecule has 0 N–H and O–H groups in total. The zero-order chi connectivity index (χ0) is 17.2. The summed E-state index contributed by atoms with van der Waals surface area (Å²) in [6.07, 6.45) is 2.95. The number of aromatic nitrogens is 3. The molecule has 0 aliphatic heterocycles. The van der Waals surface area contributed by atoms with Gasteiger partial charge in [-0.25, -0.2) is 8.78 Å². The molecule has 0 aliphatic carbocycles. The third-order valence-electron chi connectivity index (χ3n) is 3.90. The first-order valence-corrected chi connectivity index (χ1v) is 7.67. The van der Waals surface area contributed by atoms with Crippen molar-refractivity contribution in [3.8, 4) is 22.6 Å². The third kappa shape index (κ3) is 2.94. The summed E-state index contributed by atoms with van der Waals surface area (Å²) in [5, 5.41) is 7.36. The van der Waals surface area contributed by atoms with Gasteiger partial charge in [0.2, 0.25) is 0 Å². The zero-order valence-corrected chi connectivity index (χ0v) is 13.1. The van der Waals surface area contributed by atoms with E-state index in [-0.39, 0.29) is 17.9 Å². The average molecular weight is 337 g/mol. The monoisotopic (exact) mass is 337 g/mol. The lowest BCUT2D eigenvalue weighted by atomic mass is 10.1. The lowest BCUT2D eigenvalue weighted by Crippen LogP contribution is -2.02. The van der Waals surface area contributed by atoms with Gasteiger partial charge in [0.25, 0.3) is 0 Å². The van der Waals surface area contributed by atoms with Gasteiger partial charge in [0, 0.05) is 11.1 Å². The van der Waals surface area contributed by atoms with Gasteiger partial charge in [-0.1, -0.05) is 36.4 Å². The summed E-state index contributed by atoms with van der Waals surface area (Å²) in [7, 11) is 0. The Kier molecular flexibility index (Phi) is 3.85. The molecule has 0 amide bonds. The lowest BCUT2D eigenvalue weighted by Gasteiger charge is -2.08. The van der Waals surface area contributed by atoms with Crippen LogP contribution in [0.4, 0.5) is 8.78 Å². The van der Waals surface area contributed by atoms with Crippen molar-refractivity contribution < 1.29 is 13.2 Å². The average Bonchev–Trinajstić information content (AvgIpc) is 3.31. The summed E-state index contributed by atoms with van der Waals surface area (Å²) in [5.74, 6) is -0.611. The predicted octanol–water partition coefficient (Wildman–Crippen LogP) is 4.53. The number of hydrogen-bond acceptors (Lipinski definition) is 3. The van der Waals surface area contributed by atoms with E-state index in [4.69, 9.17) is 4.42 Å². The van der Waals surface area contributed by atoms with E-state index in [0.29, 0.717) is 11.3 Å². The number of nitrogens with zero attached hydrogens (tertiary/aromatic N) is 3. The molecule has 25 heavy (non-hydrogen) atoms. The van der Waals surface area contributed by atoms with Crippen LogP contribution in [0.15, 0.2) is 71.7 Å². The molecule has 4 aromatic rings. The summed E-state index contributed by atoms with van der Waals surface area (Å²) >= 11 is 0. The molecule has 2 aromatic heterocycles. The summed E-state index contributed by atoms with van der Waals surface area (Å²) < 4.78 is 36.4. The Morgan fingerprint density at radius 1 is 0.840 bits per heavy atom. The van der Waals surface area contributed by atoms with Crippen LogP contribution in [0.3, 0.4) is 0 Å². The van der Waals surface area contributed by atoms with Gasteiger partial charge in [-0.05, 0) is 18.2 Å². The molecule has 0 bridgehead atoms. The Balaban J connectivity index is 1.74. The van der Waals surface area contributed by atoms with Crippen molar-refractivity contribution in [2.24, 2.45) is 0 Å². The molecule has 0 spiro atoms. The molecule has 0 saturated carbocycles. The fraction of sp³-hybridized carbons (Fsp3) is 0.0526. The van der Waals surface area contributed by atoms with Gasteiger partial charge in [0.1, 0.15) is 35.8 Å². The molecule has 0 radical (unpaired) electrons. The maximum atomic E-state index is 14.9. The van der Waals surface area contributed by atoms with E-state index in [1.54, 1.807) is 16.7 Å². The van der Waals surface area contributed by atoms with Crippen molar-refractivity contribution in [2.45, 2.75) is 6.54 Å². The second kappa shape index (κ2) is 6.32. The number of halogens is 2. The zero-order valence-electron chi connectivity index (χ0n) is 13.1. The van der Waals surface area contributed by atoms with Crippen LogP contribution in [0.25, 0.3) is 22.6 Å². The van der Waals surface area contributed by atoms with Crippen molar-refractivity contribution in [1.82, 2.24) is 14.8 Å². The lowest BCUT2D eigenvalue weighted by molar-refractivity contribution is 0.545. The highest BCUT2D eigenvalue weighted by Gasteiger charge is 2.19. The summed E-state index contributed by atoms with van der Waals surface area (Å²) in [5.41, 5.74) is 0.997. The molecular weight excluding hydrogens is 324 g/mol. The Bertz CT molecular complexity index is 995. The molecule has 0 fully saturated rings. The maximum Gasteiger partial charge on any atom is 0.142 e. The summed E-state index contributed by atoms with van der Waals surface area (Å²) in [6.45, 7) is 0.207. The minimum absolute atomic E-state index is 0.152. The Labute approximate surface area is 142 Å². The fourth-order valence-corrected chi connectivity index (χ4v) is 2.67. The van der Waals surface area contributed by atoms with Gasteiger partial charge in [-0.3, -0.25) is 0 Å². The van der Waals surface area contributed by atoms with E-state index in [0.717, 1.165) is 5.56 Å². The molecule has 0 saturated heterocycles. The Morgan fingerprint density at radius 3 is 2.32 bits per heavy atom. The molecule has 2 aromatic carbocycles. The minimum Gasteiger partial charge on any atom is -0.456 e. The number of rotatable bonds is 4. The second-order valence-corrected chi connectivity index (χ2v) is 5.56. The van der Waals surface area contributed by atoms with Crippen LogP contribution in [0.1, 0.15) is 5.56 Å². The quantitative estimate of drug-likeness (QED) is 0.549. The van der Waals surface area contributed by atoms with Crippen LogP contribution in [0.2, 0.25) is 0 Å². The molecule has 0 unspecified atom stereocenters. The topological polar surface area (TPSA) is 43.9 Å². The van der Waals surface area contributed by atoms with Crippen LogP contribution in [-0.4, -0.2) is 14.8 Å². The van der Waals surface area contributed by atoms with Crippen molar-refractivity contribution in [3.63, 3.8) is 0 Å². The fourth-order valence-electron chi connectivity index (χ4n) is 2.67. The summed E-state index contributed by atoms with van der Waals surface area (Å²) in [4.78, 5) is 0. The highest BCUT2D eigenvalue weighted by Crippen LogP contribution is 2.33. The van der Waals surface area contributed by atoms with Crippen molar-refractivity contribution >= 4 is 0 Å². The van der Waals surface area contributed by atoms with Crippen molar-refractivity contribution in [3.05, 3.63) is 84.4 Å². The van der Waals surface area contributed by atoms with E-state index in [9.17, 15) is 8.78 Å². The minimum atomic E-state index is -0.668. The van der Waals surface area contributed by atoms with Crippen molar-refractivity contribution in [1.29, 1.82) is 0 Å². The van der Waals surface area contributed by atoms with Crippen LogP contribution >= 0.6 is 0 Å².